The van der Waals surface area contributed by atoms with Gasteiger partial charge in [0.05, 0.1) is 5.69 Å². The molecule has 0 fully saturated rings. The van der Waals surface area contributed by atoms with E-state index in [1.807, 2.05) is 35.1 Å². The molecular weight excluding hydrogens is 242 g/mol. The summed E-state index contributed by atoms with van der Waals surface area (Å²) in [6.07, 6.45) is 3.65. The minimum atomic E-state index is 0.543. The summed E-state index contributed by atoms with van der Waals surface area (Å²) < 4.78 is 2.82. The van der Waals surface area contributed by atoms with Crippen molar-refractivity contribution in [2.24, 2.45) is 5.73 Å². The third kappa shape index (κ3) is 1.71. The highest BCUT2D eigenvalue weighted by atomic mass is 79.9. The zero-order valence-corrected chi connectivity index (χ0v) is 9.11. The van der Waals surface area contributed by atoms with Gasteiger partial charge in [0.15, 0.2) is 0 Å². The second-order valence-corrected chi connectivity index (χ2v) is 3.79. The third-order valence-corrected chi connectivity index (χ3v) is 2.67. The summed E-state index contributed by atoms with van der Waals surface area (Å²) in [7, 11) is 0. The largest absolute Gasteiger partial charge is 0.326 e. The third-order valence-electron chi connectivity index (χ3n) is 2.00. The average molecular weight is 252 g/mol. The summed E-state index contributed by atoms with van der Waals surface area (Å²) in [6, 6.07) is 7.90. The molecule has 4 heteroatoms. The van der Waals surface area contributed by atoms with Crippen molar-refractivity contribution in [1.82, 2.24) is 9.78 Å². The van der Waals surface area contributed by atoms with Crippen molar-refractivity contribution in [3.05, 3.63) is 46.7 Å². The van der Waals surface area contributed by atoms with Crippen LogP contribution in [0.2, 0.25) is 0 Å². The highest BCUT2D eigenvalue weighted by molar-refractivity contribution is 9.10. The highest BCUT2D eigenvalue weighted by Crippen LogP contribution is 2.21. The molecule has 1 heterocycles. The molecule has 0 spiro atoms. The van der Waals surface area contributed by atoms with Gasteiger partial charge >= 0.3 is 0 Å². The van der Waals surface area contributed by atoms with E-state index >= 15 is 0 Å². The Bertz CT molecular complexity index is 423. The van der Waals surface area contributed by atoms with Gasteiger partial charge in [0.1, 0.15) is 0 Å². The summed E-state index contributed by atoms with van der Waals surface area (Å²) in [5.41, 5.74) is 7.69. The Morgan fingerprint density at radius 1 is 1.43 bits per heavy atom. The van der Waals surface area contributed by atoms with Gasteiger partial charge in [0.25, 0.3) is 0 Å². The zero-order chi connectivity index (χ0) is 9.97. The van der Waals surface area contributed by atoms with Gasteiger partial charge in [0.2, 0.25) is 0 Å². The maximum Gasteiger partial charge on any atom is 0.0790 e. The first-order valence-electron chi connectivity index (χ1n) is 4.30. The standard InChI is InChI=1S/C10H10BrN3/c11-9-3-2-8(7-12)6-10(9)14-5-1-4-13-14/h1-6H,7,12H2. The topological polar surface area (TPSA) is 43.8 Å². The fourth-order valence-electron chi connectivity index (χ4n) is 1.27. The Morgan fingerprint density at radius 3 is 2.93 bits per heavy atom. The van der Waals surface area contributed by atoms with Gasteiger partial charge in [-0.05, 0) is 39.7 Å². The summed E-state index contributed by atoms with van der Waals surface area (Å²) in [4.78, 5) is 0. The van der Waals surface area contributed by atoms with E-state index in [2.05, 4.69) is 21.0 Å². The molecule has 0 unspecified atom stereocenters. The Kier molecular flexibility index (Phi) is 2.65. The Hall–Kier alpha value is -1.13. The number of benzene rings is 1. The van der Waals surface area contributed by atoms with Crippen LogP contribution in [0, 0.1) is 0 Å². The maximum atomic E-state index is 5.58. The van der Waals surface area contributed by atoms with Crippen LogP contribution in [-0.2, 0) is 6.54 Å². The summed E-state index contributed by atoms with van der Waals surface area (Å²) in [5, 5.41) is 4.17. The molecule has 0 atom stereocenters. The molecule has 0 saturated heterocycles. The zero-order valence-electron chi connectivity index (χ0n) is 7.52. The average Bonchev–Trinajstić information content (AvgIpc) is 2.71. The van der Waals surface area contributed by atoms with Crippen molar-refractivity contribution >= 4 is 15.9 Å². The van der Waals surface area contributed by atoms with Crippen molar-refractivity contribution in [2.75, 3.05) is 0 Å². The van der Waals surface area contributed by atoms with Gasteiger partial charge < -0.3 is 5.73 Å². The molecule has 72 valence electrons. The van der Waals surface area contributed by atoms with Crippen LogP contribution in [0.5, 0.6) is 0 Å². The van der Waals surface area contributed by atoms with Crippen LogP contribution in [-0.4, -0.2) is 9.78 Å². The molecule has 2 aromatic rings. The lowest BCUT2D eigenvalue weighted by molar-refractivity contribution is 0.871. The molecule has 2 rings (SSSR count). The van der Waals surface area contributed by atoms with E-state index in [0.29, 0.717) is 6.54 Å². The number of nitrogens with zero attached hydrogens (tertiary/aromatic N) is 2. The molecule has 0 radical (unpaired) electrons. The molecule has 0 aliphatic heterocycles. The van der Waals surface area contributed by atoms with Crippen molar-refractivity contribution in [3.8, 4) is 5.69 Å². The van der Waals surface area contributed by atoms with Gasteiger partial charge in [-0.15, -0.1) is 0 Å². The van der Waals surface area contributed by atoms with Crippen LogP contribution < -0.4 is 5.73 Å². The van der Waals surface area contributed by atoms with Gasteiger partial charge in [-0.2, -0.15) is 5.10 Å². The van der Waals surface area contributed by atoms with Crippen LogP contribution in [0.25, 0.3) is 5.69 Å². The molecule has 0 saturated carbocycles. The van der Waals surface area contributed by atoms with E-state index in [1.165, 1.54) is 0 Å². The van der Waals surface area contributed by atoms with Crippen molar-refractivity contribution in [2.45, 2.75) is 6.54 Å². The van der Waals surface area contributed by atoms with Crippen LogP contribution in [0.1, 0.15) is 5.56 Å². The first-order valence-corrected chi connectivity index (χ1v) is 5.09. The molecule has 3 nitrogen and oxygen atoms in total. The van der Waals surface area contributed by atoms with Crippen LogP contribution in [0.15, 0.2) is 41.1 Å². The predicted molar refractivity (Wildman–Crippen MR) is 59.2 cm³/mol. The van der Waals surface area contributed by atoms with Gasteiger partial charge in [-0.3, -0.25) is 0 Å². The number of halogens is 1. The van der Waals surface area contributed by atoms with E-state index < -0.39 is 0 Å². The Labute approximate surface area is 90.7 Å². The Morgan fingerprint density at radius 2 is 2.29 bits per heavy atom. The first-order chi connectivity index (χ1) is 6.81. The van der Waals surface area contributed by atoms with E-state index in [9.17, 15) is 0 Å². The molecule has 1 aromatic carbocycles. The molecule has 0 aliphatic carbocycles. The van der Waals surface area contributed by atoms with Crippen LogP contribution in [0.3, 0.4) is 0 Å². The lowest BCUT2D eigenvalue weighted by Gasteiger charge is -2.06. The minimum absolute atomic E-state index is 0.543. The SMILES string of the molecule is NCc1ccc(Br)c(-n2cccn2)c1. The van der Waals surface area contributed by atoms with E-state index in [-0.39, 0.29) is 0 Å². The maximum absolute atomic E-state index is 5.58. The second kappa shape index (κ2) is 3.94. The molecule has 1 aromatic heterocycles. The monoisotopic (exact) mass is 251 g/mol. The number of nitrogens with two attached hydrogens (primary N) is 1. The molecule has 14 heavy (non-hydrogen) atoms. The summed E-state index contributed by atoms with van der Waals surface area (Å²) >= 11 is 3.48. The summed E-state index contributed by atoms with van der Waals surface area (Å²) in [5.74, 6) is 0. The fraction of sp³-hybridized carbons (Fsp3) is 0.100. The van der Waals surface area contributed by atoms with Crippen LogP contribution in [0.4, 0.5) is 0 Å². The molecular formula is C10H10BrN3. The number of hydrogen-bond donors (Lipinski definition) is 1. The van der Waals surface area contributed by atoms with E-state index in [1.54, 1.807) is 6.20 Å². The number of rotatable bonds is 2. The highest BCUT2D eigenvalue weighted by Gasteiger charge is 2.02. The van der Waals surface area contributed by atoms with Crippen molar-refractivity contribution in [3.63, 3.8) is 0 Å². The smallest absolute Gasteiger partial charge is 0.0790 e. The molecule has 0 amide bonds. The normalized spacial score (nSPS) is 10.4. The predicted octanol–water partition coefficient (Wildman–Crippen LogP) is 2.09. The van der Waals surface area contributed by atoms with Crippen LogP contribution >= 0.6 is 15.9 Å². The van der Waals surface area contributed by atoms with Gasteiger partial charge in [0, 0.05) is 23.4 Å². The van der Waals surface area contributed by atoms with Crippen molar-refractivity contribution < 1.29 is 0 Å². The second-order valence-electron chi connectivity index (χ2n) is 2.94. The van der Waals surface area contributed by atoms with E-state index in [0.717, 1.165) is 15.7 Å². The number of hydrogen-bond acceptors (Lipinski definition) is 2. The van der Waals surface area contributed by atoms with Gasteiger partial charge in [-0.25, -0.2) is 4.68 Å². The lowest BCUT2D eigenvalue weighted by Crippen LogP contribution is -2.00. The lowest BCUT2D eigenvalue weighted by atomic mass is 10.2. The summed E-state index contributed by atoms with van der Waals surface area (Å²) in [6.45, 7) is 0.543. The van der Waals surface area contributed by atoms with E-state index in [4.69, 9.17) is 5.73 Å². The Balaban J connectivity index is 2.51. The number of aromatic nitrogens is 2. The molecule has 0 bridgehead atoms. The quantitative estimate of drug-likeness (QED) is 0.889. The fourth-order valence-corrected chi connectivity index (χ4v) is 1.70. The first kappa shape index (κ1) is 9.43. The molecule has 2 N–H and O–H groups in total. The van der Waals surface area contributed by atoms with Crippen molar-refractivity contribution in [1.29, 1.82) is 0 Å². The molecule has 0 aliphatic rings. The van der Waals surface area contributed by atoms with Gasteiger partial charge in [-0.1, -0.05) is 6.07 Å². The minimum Gasteiger partial charge on any atom is -0.326 e.